The van der Waals surface area contributed by atoms with Crippen LogP contribution in [-0.4, -0.2) is 0 Å². The van der Waals surface area contributed by atoms with Crippen LogP contribution in [0.5, 0.6) is 0 Å². The topological polar surface area (TPSA) is 13.1 Å². The lowest BCUT2D eigenvalue weighted by Gasteiger charge is -2.16. The van der Waals surface area contributed by atoms with Crippen molar-refractivity contribution in [2.45, 2.75) is 0 Å². The number of fused-ring (bicyclic) bond motifs is 3. The third-order valence-electron chi connectivity index (χ3n) is 11.1. The summed E-state index contributed by atoms with van der Waals surface area (Å²) in [6, 6.07) is 70.4. The van der Waals surface area contributed by atoms with Crippen molar-refractivity contribution in [1.29, 1.82) is 0 Å². The van der Waals surface area contributed by atoms with Gasteiger partial charge >= 0.3 is 0 Å². The summed E-state index contributed by atoms with van der Waals surface area (Å²) >= 11 is 0. The van der Waals surface area contributed by atoms with Gasteiger partial charge in [0.1, 0.15) is 11.2 Å². The van der Waals surface area contributed by atoms with E-state index in [1.165, 1.54) is 65.3 Å². The zero-order valence-electron chi connectivity index (χ0n) is 28.9. The molecule has 0 fully saturated rings. The Morgan fingerprint density at radius 1 is 0.245 bits per heavy atom. The maximum Gasteiger partial charge on any atom is 0.143 e. The largest absolute Gasteiger partial charge is 0.455 e. The lowest BCUT2D eigenvalue weighted by molar-refractivity contribution is 0.666. The predicted molar refractivity (Wildman–Crippen MR) is 225 cm³/mol. The van der Waals surface area contributed by atoms with Crippen molar-refractivity contribution in [2.24, 2.45) is 0 Å². The van der Waals surface area contributed by atoms with E-state index in [-0.39, 0.29) is 0 Å². The summed E-state index contributed by atoms with van der Waals surface area (Å²) in [6.07, 6.45) is 0. The zero-order chi connectivity index (χ0) is 34.9. The molecule has 0 saturated carbocycles. The second-order valence-electron chi connectivity index (χ2n) is 13.9. The molecule has 0 aliphatic rings. The molecule has 0 atom stereocenters. The Hall–Kier alpha value is -6.96. The van der Waals surface area contributed by atoms with Crippen LogP contribution in [0.15, 0.2) is 199 Å². The van der Waals surface area contributed by atoms with Crippen molar-refractivity contribution >= 4 is 65.0 Å². The molecular weight excluding hydrogens is 641 g/mol. The minimum atomic E-state index is 0.887. The van der Waals surface area contributed by atoms with Gasteiger partial charge in [0, 0.05) is 21.9 Å². The van der Waals surface area contributed by atoms with Gasteiger partial charge < -0.3 is 4.42 Å². The normalized spacial score (nSPS) is 11.8. The van der Waals surface area contributed by atoms with Crippen molar-refractivity contribution < 1.29 is 4.42 Å². The van der Waals surface area contributed by atoms with Crippen molar-refractivity contribution in [3.63, 3.8) is 0 Å². The molecule has 1 heterocycles. The summed E-state index contributed by atoms with van der Waals surface area (Å²) in [5, 5.41) is 11.8. The lowest BCUT2D eigenvalue weighted by atomic mass is 9.87. The fourth-order valence-electron chi connectivity index (χ4n) is 8.68. The second kappa shape index (κ2) is 11.8. The van der Waals surface area contributed by atoms with Gasteiger partial charge in [0.15, 0.2) is 0 Å². The average Bonchev–Trinajstić information content (AvgIpc) is 3.38. The first-order valence-corrected chi connectivity index (χ1v) is 18.3. The Morgan fingerprint density at radius 3 is 1.08 bits per heavy atom. The van der Waals surface area contributed by atoms with Gasteiger partial charge in [0.05, 0.1) is 0 Å². The first kappa shape index (κ1) is 29.7. The molecule has 1 aromatic heterocycles. The Balaban J connectivity index is 1.42. The number of rotatable bonds is 4. The highest BCUT2D eigenvalue weighted by molar-refractivity contribution is 6.30. The molecule has 0 aliphatic heterocycles. The van der Waals surface area contributed by atoms with E-state index in [4.69, 9.17) is 4.42 Å². The first-order chi connectivity index (χ1) is 26.3. The minimum Gasteiger partial charge on any atom is -0.455 e. The molecule has 0 saturated heterocycles. The fourth-order valence-corrected chi connectivity index (χ4v) is 8.68. The molecule has 0 amide bonds. The lowest BCUT2D eigenvalue weighted by Crippen LogP contribution is -1.89. The smallest absolute Gasteiger partial charge is 0.143 e. The number of hydrogen-bond donors (Lipinski definition) is 0. The average molecular weight is 673 g/mol. The van der Waals surface area contributed by atoms with Crippen molar-refractivity contribution in [1.82, 2.24) is 0 Å². The van der Waals surface area contributed by atoms with Crippen LogP contribution in [0.1, 0.15) is 0 Å². The molecule has 0 spiro atoms. The zero-order valence-corrected chi connectivity index (χ0v) is 28.9. The van der Waals surface area contributed by atoms with Crippen LogP contribution in [0.4, 0.5) is 0 Å². The summed E-state index contributed by atoms with van der Waals surface area (Å²) < 4.78 is 7.70. The van der Waals surface area contributed by atoms with Crippen LogP contribution in [0.2, 0.25) is 0 Å². The molecule has 0 N–H and O–H groups in total. The SMILES string of the molecule is c1ccc(-c2cc(-c3cccc4ccccc34)c3oc4c(-c5cccc6ccccc56)cc(-c5ccccc5)c5cccc(c6cccc2c36)c54)cc1. The molecule has 246 valence electrons. The van der Waals surface area contributed by atoms with Gasteiger partial charge in [-0.2, -0.15) is 0 Å². The Kier molecular flexibility index (Phi) is 6.62. The van der Waals surface area contributed by atoms with E-state index in [1.807, 2.05) is 0 Å². The van der Waals surface area contributed by atoms with Crippen LogP contribution in [0, 0.1) is 0 Å². The summed E-state index contributed by atoms with van der Waals surface area (Å²) in [5.74, 6) is 0. The molecule has 0 radical (unpaired) electrons. The van der Waals surface area contributed by atoms with Crippen molar-refractivity contribution in [2.75, 3.05) is 0 Å². The minimum absolute atomic E-state index is 0.887. The van der Waals surface area contributed by atoms with Crippen LogP contribution in [-0.2, 0) is 0 Å². The molecule has 0 unspecified atom stereocenters. The van der Waals surface area contributed by atoms with E-state index in [1.54, 1.807) is 0 Å². The summed E-state index contributed by atoms with van der Waals surface area (Å²) in [7, 11) is 0. The molecule has 0 aliphatic carbocycles. The quantitative estimate of drug-likeness (QED) is 0.181. The van der Waals surface area contributed by atoms with Crippen LogP contribution in [0.25, 0.3) is 110 Å². The summed E-state index contributed by atoms with van der Waals surface area (Å²) in [6.45, 7) is 0. The predicted octanol–water partition coefficient (Wildman–Crippen LogP) is 14.9. The van der Waals surface area contributed by atoms with Gasteiger partial charge in [-0.25, -0.2) is 0 Å². The van der Waals surface area contributed by atoms with E-state index in [0.717, 1.165) is 44.2 Å². The van der Waals surface area contributed by atoms with Gasteiger partial charge in [0.25, 0.3) is 0 Å². The second-order valence-corrected chi connectivity index (χ2v) is 13.9. The third-order valence-corrected chi connectivity index (χ3v) is 11.1. The monoisotopic (exact) mass is 672 g/mol. The molecule has 11 rings (SSSR count). The van der Waals surface area contributed by atoms with Crippen LogP contribution in [0.3, 0.4) is 0 Å². The Bertz CT molecular complexity index is 2980. The third kappa shape index (κ3) is 4.58. The van der Waals surface area contributed by atoms with Gasteiger partial charge in [-0.1, -0.05) is 182 Å². The van der Waals surface area contributed by atoms with Crippen LogP contribution < -0.4 is 0 Å². The summed E-state index contributed by atoms with van der Waals surface area (Å²) in [4.78, 5) is 0. The molecule has 10 aromatic carbocycles. The summed E-state index contributed by atoms with van der Waals surface area (Å²) in [5.41, 5.74) is 11.0. The number of hydrogen-bond acceptors (Lipinski definition) is 1. The molecule has 1 nitrogen and oxygen atoms in total. The van der Waals surface area contributed by atoms with Crippen molar-refractivity contribution in [3.8, 4) is 44.5 Å². The first-order valence-electron chi connectivity index (χ1n) is 18.3. The van der Waals surface area contributed by atoms with E-state index in [0.29, 0.717) is 0 Å². The highest BCUT2D eigenvalue weighted by Crippen LogP contribution is 2.49. The Morgan fingerprint density at radius 2 is 0.604 bits per heavy atom. The fraction of sp³-hybridized carbons (Fsp3) is 0. The van der Waals surface area contributed by atoms with Gasteiger partial charge in [-0.15, -0.1) is 0 Å². The molecular formula is C52H32O. The van der Waals surface area contributed by atoms with E-state index < -0.39 is 0 Å². The van der Waals surface area contributed by atoms with E-state index in [2.05, 4.69) is 194 Å². The molecule has 53 heavy (non-hydrogen) atoms. The maximum absolute atomic E-state index is 7.70. The van der Waals surface area contributed by atoms with Crippen molar-refractivity contribution in [3.05, 3.63) is 194 Å². The van der Waals surface area contributed by atoms with Gasteiger partial charge in [0.2, 0.25) is 0 Å². The van der Waals surface area contributed by atoms with E-state index in [9.17, 15) is 0 Å². The number of benzene rings is 10. The van der Waals surface area contributed by atoms with Gasteiger partial charge in [-0.3, -0.25) is 0 Å². The van der Waals surface area contributed by atoms with Crippen LogP contribution >= 0.6 is 0 Å². The van der Waals surface area contributed by atoms with Gasteiger partial charge in [-0.05, 0) is 88.6 Å². The van der Waals surface area contributed by atoms with E-state index >= 15 is 0 Å². The molecule has 11 aromatic rings. The Labute approximate surface area is 307 Å². The maximum atomic E-state index is 7.70. The molecule has 0 bridgehead atoms. The molecule has 1 heteroatoms. The highest BCUT2D eigenvalue weighted by Gasteiger charge is 2.23. The highest BCUT2D eigenvalue weighted by atomic mass is 16.3. The standard InChI is InChI=1S/C52H32O/c1-3-15-35(16-4-1)45-31-47(39-25-11-21-33-19-7-9-23-37(33)39)51-49-41(27-13-29-43(45)49)42-28-14-30-44-46(36-17-5-2-6-18-36)32-48(52(53-51)50(42)44)40-26-12-22-34-20-8-10-24-38(34)40/h1-32H.